The fourth-order valence-electron chi connectivity index (χ4n) is 5.13. The molecule has 2 fully saturated rings. The average molecular weight is 493 g/mol. The summed E-state index contributed by atoms with van der Waals surface area (Å²) in [6.45, 7) is 4.70. The van der Waals surface area contributed by atoms with Gasteiger partial charge in [0.1, 0.15) is 18.3 Å². The van der Waals surface area contributed by atoms with Gasteiger partial charge in [0.25, 0.3) is 11.8 Å². The number of likely N-dealkylation sites (tertiary alicyclic amines) is 1. The molecule has 1 aliphatic heterocycles. The highest BCUT2D eigenvalue weighted by molar-refractivity contribution is 6.05. The van der Waals surface area contributed by atoms with Crippen molar-refractivity contribution in [2.24, 2.45) is 23.0 Å². The number of pyridine rings is 1. The third kappa shape index (κ3) is 5.10. The summed E-state index contributed by atoms with van der Waals surface area (Å²) in [6.07, 6.45) is 3.28. The predicted molar refractivity (Wildman–Crippen MR) is 131 cm³/mol. The number of fused-ring (bicyclic) bond motifs is 1. The molecule has 1 saturated carbocycles. The molecular formula is C27H32N4O5. The quantitative estimate of drug-likeness (QED) is 0.517. The lowest BCUT2D eigenvalue weighted by Gasteiger charge is -2.42. The van der Waals surface area contributed by atoms with Gasteiger partial charge in [-0.1, -0.05) is 44.2 Å². The largest absolute Gasteiger partial charge is 0.459 e. The molecule has 0 radical (unpaired) electrons. The zero-order valence-electron chi connectivity index (χ0n) is 20.6. The van der Waals surface area contributed by atoms with Crippen LogP contribution in [-0.2, 0) is 20.9 Å². The lowest BCUT2D eigenvalue weighted by Crippen LogP contribution is -2.56. The van der Waals surface area contributed by atoms with Gasteiger partial charge in [0.2, 0.25) is 5.91 Å². The van der Waals surface area contributed by atoms with Crippen LogP contribution in [0.4, 0.5) is 0 Å². The van der Waals surface area contributed by atoms with Gasteiger partial charge in [0.15, 0.2) is 0 Å². The number of ether oxygens (including phenoxy) is 1. The fourth-order valence-corrected chi connectivity index (χ4v) is 5.13. The molecule has 1 aliphatic carbocycles. The maximum Gasteiger partial charge on any atom is 0.328 e. The third-order valence-corrected chi connectivity index (χ3v) is 7.17. The van der Waals surface area contributed by atoms with Crippen LogP contribution in [-0.4, -0.2) is 52.7 Å². The Labute approximate surface area is 210 Å². The van der Waals surface area contributed by atoms with E-state index in [2.05, 4.69) is 10.3 Å². The molecule has 9 nitrogen and oxygen atoms in total. The minimum absolute atomic E-state index is 0.0183. The normalized spacial score (nSPS) is 21.3. The van der Waals surface area contributed by atoms with Crippen LogP contribution >= 0.6 is 0 Å². The Morgan fingerprint density at radius 3 is 2.56 bits per heavy atom. The van der Waals surface area contributed by atoms with Gasteiger partial charge < -0.3 is 20.7 Å². The van der Waals surface area contributed by atoms with Crippen LogP contribution < -0.4 is 11.1 Å². The number of hydrogen-bond acceptors (Lipinski definition) is 6. The monoisotopic (exact) mass is 492 g/mol. The van der Waals surface area contributed by atoms with Crippen LogP contribution in [0.5, 0.6) is 0 Å². The van der Waals surface area contributed by atoms with Crippen molar-refractivity contribution < 1.29 is 23.9 Å². The Morgan fingerprint density at radius 2 is 1.92 bits per heavy atom. The number of nitrogens with zero attached hydrogens (tertiary/aromatic N) is 2. The van der Waals surface area contributed by atoms with E-state index in [1.165, 1.54) is 12.3 Å². The molecule has 0 spiro atoms. The second kappa shape index (κ2) is 10.5. The smallest absolute Gasteiger partial charge is 0.328 e. The molecule has 2 heterocycles. The lowest BCUT2D eigenvalue weighted by molar-refractivity contribution is -0.152. The van der Waals surface area contributed by atoms with Gasteiger partial charge >= 0.3 is 5.97 Å². The maximum atomic E-state index is 13.5. The van der Waals surface area contributed by atoms with E-state index in [0.29, 0.717) is 19.4 Å². The zero-order chi connectivity index (χ0) is 25.9. The number of carbonyl (C=O) groups excluding carboxylic acids is 4. The molecule has 2 unspecified atom stereocenters. The van der Waals surface area contributed by atoms with Crippen molar-refractivity contribution in [2.75, 3.05) is 13.1 Å². The summed E-state index contributed by atoms with van der Waals surface area (Å²) in [4.78, 5) is 57.0. The molecule has 2 aliphatic rings. The van der Waals surface area contributed by atoms with Crippen molar-refractivity contribution in [3.8, 4) is 0 Å². The summed E-state index contributed by atoms with van der Waals surface area (Å²) in [5.41, 5.74) is 5.55. The van der Waals surface area contributed by atoms with E-state index in [-0.39, 0.29) is 48.1 Å². The molecule has 1 aromatic carbocycles. The first-order valence-corrected chi connectivity index (χ1v) is 12.3. The average Bonchev–Trinajstić information content (AvgIpc) is 3.12. The van der Waals surface area contributed by atoms with Gasteiger partial charge in [0, 0.05) is 19.3 Å². The van der Waals surface area contributed by atoms with Crippen LogP contribution in [0, 0.1) is 17.3 Å². The molecular weight excluding hydrogens is 460 g/mol. The number of amides is 3. The van der Waals surface area contributed by atoms with Crippen molar-refractivity contribution in [3.63, 3.8) is 0 Å². The summed E-state index contributed by atoms with van der Waals surface area (Å²) in [5.74, 6) is -1.72. The number of carbonyl (C=O) groups is 4. The number of aromatic nitrogens is 1. The summed E-state index contributed by atoms with van der Waals surface area (Å²) in [5, 5.41) is 2.94. The first kappa shape index (κ1) is 25.3. The summed E-state index contributed by atoms with van der Waals surface area (Å²) in [6, 6.07) is 11.7. The van der Waals surface area contributed by atoms with Gasteiger partial charge in [-0.05, 0) is 48.8 Å². The van der Waals surface area contributed by atoms with E-state index < -0.39 is 23.3 Å². The second-order valence-corrected chi connectivity index (χ2v) is 10.1. The predicted octanol–water partition coefficient (Wildman–Crippen LogP) is 2.31. The SMILES string of the molecule is CC(C)C[C@H](NC(=O)C12CCC1CN(C(=O)c1cccnc1C(N)=O)C2)C(=O)OCc1ccccc1. The Bertz CT molecular complexity index is 1150. The Balaban J connectivity index is 1.45. The van der Waals surface area contributed by atoms with Gasteiger partial charge in [-0.3, -0.25) is 19.4 Å². The molecule has 1 saturated heterocycles. The number of hydrogen-bond donors (Lipinski definition) is 2. The van der Waals surface area contributed by atoms with Crippen molar-refractivity contribution in [1.29, 1.82) is 0 Å². The summed E-state index contributed by atoms with van der Waals surface area (Å²) < 4.78 is 5.52. The Morgan fingerprint density at radius 1 is 1.17 bits per heavy atom. The van der Waals surface area contributed by atoms with E-state index in [4.69, 9.17) is 10.5 Å². The van der Waals surface area contributed by atoms with Crippen LogP contribution in [0.3, 0.4) is 0 Å². The number of nitrogens with one attached hydrogen (secondary N) is 1. The Kier molecular flexibility index (Phi) is 7.37. The van der Waals surface area contributed by atoms with Crippen molar-refractivity contribution in [3.05, 3.63) is 65.5 Å². The van der Waals surface area contributed by atoms with Crippen LogP contribution in [0.15, 0.2) is 48.7 Å². The van der Waals surface area contributed by atoms with Gasteiger partial charge in [-0.25, -0.2) is 4.79 Å². The molecule has 2 aromatic rings. The molecule has 1 aromatic heterocycles. The summed E-state index contributed by atoms with van der Waals surface area (Å²) in [7, 11) is 0. The number of esters is 1. The third-order valence-electron chi connectivity index (χ3n) is 7.17. The molecule has 3 amide bonds. The molecule has 36 heavy (non-hydrogen) atoms. The van der Waals surface area contributed by atoms with Crippen molar-refractivity contribution in [1.82, 2.24) is 15.2 Å². The van der Waals surface area contributed by atoms with E-state index in [0.717, 1.165) is 12.0 Å². The molecule has 3 N–H and O–H groups in total. The molecule has 4 rings (SSSR count). The number of rotatable bonds is 9. The minimum atomic E-state index is -0.779. The van der Waals surface area contributed by atoms with Crippen LogP contribution in [0.25, 0.3) is 0 Å². The molecule has 3 atom stereocenters. The van der Waals surface area contributed by atoms with E-state index in [1.54, 1.807) is 11.0 Å². The highest BCUT2D eigenvalue weighted by atomic mass is 16.5. The van der Waals surface area contributed by atoms with Gasteiger partial charge in [-0.2, -0.15) is 0 Å². The fraction of sp³-hybridized carbons (Fsp3) is 0.444. The Hall–Kier alpha value is -3.75. The van der Waals surface area contributed by atoms with E-state index >= 15 is 0 Å². The van der Waals surface area contributed by atoms with E-state index in [9.17, 15) is 19.2 Å². The number of primary amides is 1. The number of benzene rings is 1. The van der Waals surface area contributed by atoms with E-state index in [1.807, 2.05) is 44.2 Å². The minimum Gasteiger partial charge on any atom is -0.459 e. The lowest BCUT2D eigenvalue weighted by atomic mass is 9.61. The van der Waals surface area contributed by atoms with Crippen LogP contribution in [0.2, 0.25) is 0 Å². The van der Waals surface area contributed by atoms with Crippen molar-refractivity contribution >= 4 is 23.7 Å². The summed E-state index contributed by atoms with van der Waals surface area (Å²) >= 11 is 0. The molecule has 9 heteroatoms. The first-order valence-electron chi connectivity index (χ1n) is 12.3. The first-order chi connectivity index (χ1) is 17.2. The second-order valence-electron chi connectivity index (χ2n) is 10.1. The molecule has 0 bridgehead atoms. The maximum absolute atomic E-state index is 13.5. The highest BCUT2D eigenvalue weighted by Gasteiger charge is 2.59. The standard InChI is InChI=1S/C27H32N4O5/c1-17(2)13-21(25(34)36-15-18-7-4-3-5-8-18)30-26(35)27-11-10-19(27)14-31(16-27)24(33)20-9-6-12-29-22(20)23(28)32/h3-9,12,17,19,21H,10-11,13-16H2,1-2H3,(H2,28,32)(H,30,35)/t19?,21-,27?/m0/s1. The topological polar surface area (TPSA) is 132 Å². The highest BCUT2D eigenvalue weighted by Crippen LogP contribution is 2.52. The van der Waals surface area contributed by atoms with Gasteiger partial charge in [0.05, 0.1) is 11.0 Å². The van der Waals surface area contributed by atoms with Crippen molar-refractivity contribution in [2.45, 2.75) is 45.8 Å². The number of nitrogens with two attached hydrogens (primary N) is 1. The molecule has 190 valence electrons. The van der Waals surface area contributed by atoms with Gasteiger partial charge in [-0.15, -0.1) is 0 Å². The van der Waals surface area contributed by atoms with Crippen LogP contribution in [0.1, 0.15) is 59.5 Å². The zero-order valence-corrected chi connectivity index (χ0v) is 20.6.